The van der Waals surface area contributed by atoms with Gasteiger partial charge in [-0.15, -0.1) is 0 Å². The van der Waals surface area contributed by atoms with Crippen molar-refractivity contribution in [3.8, 4) is 0 Å². The van der Waals surface area contributed by atoms with Gasteiger partial charge in [-0.2, -0.15) is 0 Å². The third-order valence-corrected chi connectivity index (χ3v) is 4.90. The number of ether oxygens (including phenoxy) is 1. The highest BCUT2D eigenvalue weighted by Gasteiger charge is 2.37. The van der Waals surface area contributed by atoms with Crippen molar-refractivity contribution in [1.82, 2.24) is 15.6 Å². The lowest BCUT2D eigenvalue weighted by atomic mass is 10.0. The molecule has 2 bridgehead atoms. The highest BCUT2D eigenvalue weighted by atomic mass is 16.5. The summed E-state index contributed by atoms with van der Waals surface area (Å²) in [6, 6.07) is 4.10. The number of hydrogen-bond acceptors (Lipinski definition) is 6. The zero-order valence-corrected chi connectivity index (χ0v) is 15.1. The Morgan fingerprint density at radius 1 is 1.36 bits per heavy atom. The number of esters is 1. The fourth-order valence-electron chi connectivity index (χ4n) is 3.74. The van der Waals surface area contributed by atoms with Gasteiger partial charge in [-0.1, -0.05) is 12.2 Å². The summed E-state index contributed by atoms with van der Waals surface area (Å²) in [5.74, 6) is -0.211. The number of pyridine rings is 1. The Balaban J connectivity index is 0.000000265. The molecule has 4 rings (SSSR count). The van der Waals surface area contributed by atoms with Crippen molar-refractivity contribution < 1.29 is 9.53 Å². The molecule has 1 aromatic rings. The molecule has 2 fully saturated rings. The van der Waals surface area contributed by atoms with Crippen LogP contribution in [0.5, 0.6) is 0 Å². The Labute approximate surface area is 149 Å². The lowest BCUT2D eigenvalue weighted by Gasteiger charge is -2.30. The number of carbonyl (C=O) groups is 1. The second-order valence-corrected chi connectivity index (χ2v) is 6.72. The molecule has 0 radical (unpaired) electrons. The summed E-state index contributed by atoms with van der Waals surface area (Å²) >= 11 is 0. The van der Waals surface area contributed by atoms with Gasteiger partial charge in [0, 0.05) is 50.9 Å². The second-order valence-electron chi connectivity index (χ2n) is 6.72. The van der Waals surface area contributed by atoms with E-state index in [-0.39, 0.29) is 5.97 Å². The number of aromatic nitrogens is 1. The zero-order valence-electron chi connectivity index (χ0n) is 15.1. The molecule has 0 spiro atoms. The molecule has 0 saturated carbocycles. The lowest BCUT2D eigenvalue weighted by molar-refractivity contribution is -0.140. The third kappa shape index (κ3) is 4.58. The maximum Gasteiger partial charge on any atom is 0.302 e. The quantitative estimate of drug-likeness (QED) is 0.644. The summed E-state index contributed by atoms with van der Waals surface area (Å²) in [4.78, 5) is 16.8. The van der Waals surface area contributed by atoms with E-state index in [1.165, 1.54) is 24.6 Å². The number of carbonyl (C=O) groups excluding carboxylic acids is 1. The Hall–Kier alpha value is -1.92. The summed E-state index contributed by atoms with van der Waals surface area (Å²) in [6.07, 6.45) is 10.8. The van der Waals surface area contributed by atoms with E-state index in [1.807, 2.05) is 12.4 Å². The van der Waals surface area contributed by atoms with Crippen LogP contribution in [0.1, 0.15) is 38.3 Å². The molecule has 136 valence electrons. The van der Waals surface area contributed by atoms with Crippen LogP contribution >= 0.6 is 0 Å². The summed E-state index contributed by atoms with van der Waals surface area (Å²) in [6.45, 7) is 6.88. The van der Waals surface area contributed by atoms with Crippen molar-refractivity contribution in [2.75, 3.05) is 31.1 Å². The number of hydrogen-bond donors (Lipinski definition) is 2. The molecule has 25 heavy (non-hydrogen) atoms. The minimum absolute atomic E-state index is 0.211. The van der Waals surface area contributed by atoms with E-state index < -0.39 is 0 Å². The predicted molar refractivity (Wildman–Crippen MR) is 98.6 cm³/mol. The van der Waals surface area contributed by atoms with Crippen molar-refractivity contribution in [3.63, 3.8) is 0 Å². The summed E-state index contributed by atoms with van der Waals surface area (Å²) in [7, 11) is 0. The number of fused-ring (bicyclic) bond motifs is 2. The van der Waals surface area contributed by atoms with E-state index in [0.29, 0.717) is 24.7 Å². The van der Waals surface area contributed by atoms with Gasteiger partial charge in [0.05, 0.1) is 18.5 Å². The predicted octanol–water partition coefficient (Wildman–Crippen LogP) is 1.79. The number of nitrogens with one attached hydrogen (secondary N) is 2. The smallest absolute Gasteiger partial charge is 0.302 e. The average molecular weight is 344 g/mol. The van der Waals surface area contributed by atoms with Gasteiger partial charge in [-0.3, -0.25) is 9.78 Å². The second kappa shape index (κ2) is 8.45. The Bertz CT molecular complexity index is 619. The molecule has 2 saturated heterocycles. The van der Waals surface area contributed by atoms with Crippen LogP contribution in [0, 0.1) is 0 Å². The van der Waals surface area contributed by atoms with Gasteiger partial charge >= 0.3 is 5.97 Å². The van der Waals surface area contributed by atoms with Crippen LogP contribution in [0.15, 0.2) is 30.6 Å². The number of nitrogens with zero attached hydrogens (tertiary/aromatic N) is 2. The molecular formula is C19H28N4O2. The Morgan fingerprint density at radius 3 is 2.80 bits per heavy atom. The molecule has 6 nitrogen and oxygen atoms in total. The number of rotatable bonds is 3. The van der Waals surface area contributed by atoms with E-state index in [9.17, 15) is 4.79 Å². The molecule has 4 heterocycles. The van der Waals surface area contributed by atoms with Gasteiger partial charge in [-0.05, 0) is 31.4 Å². The maximum atomic E-state index is 9.82. The molecule has 3 aliphatic heterocycles. The van der Waals surface area contributed by atoms with Crippen LogP contribution in [0.4, 0.5) is 5.69 Å². The summed E-state index contributed by atoms with van der Waals surface area (Å²) in [5, 5.41) is 7.08. The Kier molecular flexibility index (Phi) is 6.04. The molecule has 3 aliphatic rings. The van der Waals surface area contributed by atoms with E-state index in [1.54, 1.807) is 6.92 Å². The Morgan fingerprint density at radius 2 is 2.24 bits per heavy atom. The van der Waals surface area contributed by atoms with Crippen LogP contribution in [0.3, 0.4) is 0 Å². The van der Waals surface area contributed by atoms with Crippen LogP contribution in [-0.4, -0.2) is 49.3 Å². The first-order valence-corrected chi connectivity index (χ1v) is 9.14. The molecule has 2 N–H and O–H groups in total. The fourth-order valence-corrected chi connectivity index (χ4v) is 3.74. The molecule has 3 atom stereocenters. The van der Waals surface area contributed by atoms with Crippen molar-refractivity contribution in [3.05, 3.63) is 36.2 Å². The van der Waals surface area contributed by atoms with Crippen LogP contribution < -0.4 is 15.5 Å². The first-order valence-electron chi connectivity index (χ1n) is 9.14. The molecule has 0 aromatic carbocycles. The maximum absolute atomic E-state index is 9.82. The molecule has 1 aromatic heterocycles. The van der Waals surface area contributed by atoms with Crippen LogP contribution in [-0.2, 0) is 9.53 Å². The van der Waals surface area contributed by atoms with E-state index in [4.69, 9.17) is 0 Å². The highest BCUT2D eigenvalue weighted by molar-refractivity contribution is 5.65. The van der Waals surface area contributed by atoms with E-state index in [0.717, 1.165) is 26.1 Å². The van der Waals surface area contributed by atoms with Crippen LogP contribution in [0.25, 0.3) is 0 Å². The largest absolute Gasteiger partial charge is 0.466 e. The van der Waals surface area contributed by atoms with Crippen LogP contribution in [0.2, 0.25) is 0 Å². The van der Waals surface area contributed by atoms with Gasteiger partial charge in [0.2, 0.25) is 0 Å². The van der Waals surface area contributed by atoms with Gasteiger partial charge in [0.1, 0.15) is 0 Å². The summed E-state index contributed by atoms with van der Waals surface area (Å²) in [5.41, 5.74) is 2.61. The normalized spacial score (nSPS) is 27.0. The van der Waals surface area contributed by atoms with E-state index in [2.05, 4.69) is 43.5 Å². The van der Waals surface area contributed by atoms with Gasteiger partial charge in [-0.25, -0.2) is 0 Å². The topological polar surface area (TPSA) is 66.5 Å². The SMILES string of the molecule is C1=CCC(c2cncc(N3CC4CC3CN4)c2)NC1.CCOC(C)=O. The first-order chi connectivity index (χ1) is 12.2. The summed E-state index contributed by atoms with van der Waals surface area (Å²) < 4.78 is 4.40. The standard InChI is InChI=1S/C15H20N4.C4H8O2/c1-2-4-17-15(3-1)11-5-13(8-16-7-11)19-10-12-6-14(19)9-18-12;1-3-6-4(2)5/h1-2,5,7-8,12,14-15,17-18H,3-4,6,9-10H2;3H2,1-2H3. The lowest BCUT2D eigenvalue weighted by Crippen LogP contribution is -2.43. The van der Waals surface area contributed by atoms with Gasteiger partial charge < -0.3 is 20.3 Å². The van der Waals surface area contributed by atoms with Gasteiger partial charge in [0.25, 0.3) is 0 Å². The van der Waals surface area contributed by atoms with Crippen molar-refractivity contribution in [1.29, 1.82) is 0 Å². The highest BCUT2D eigenvalue weighted by Crippen LogP contribution is 2.31. The van der Waals surface area contributed by atoms with Gasteiger partial charge in [0.15, 0.2) is 0 Å². The van der Waals surface area contributed by atoms with Crippen molar-refractivity contribution in [2.45, 2.75) is 44.8 Å². The zero-order chi connectivity index (χ0) is 17.6. The van der Waals surface area contributed by atoms with E-state index >= 15 is 0 Å². The molecular weight excluding hydrogens is 316 g/mol. The molecule has 6 heteroatoms. The average Bonchev–Trinajstić information content (AvgIpc) is 3.26. The minimum Gasteiger partial charge on any atom is -0.466 e. The first kappa shape index (κ1) is 17.9. The van der Waals surface area contributed by atoms with Crippen molar-refractivity contribution >= 4 is 11.7 Å². The number of anilines is 1. The number of piperazine rings is 1. The molecule has 0 aliphatic carbocycles. The monoisotopic (exact) mass is 344 g/mol. The third-order valence-electron chi connectivity index (χ3n) is 4.90. The molecule has 3 unspecified atom stereocenters. The fraction of sp³-hybridized carbons (Fsp3) is 0.579. The minimum atomic E-state index is -0.211. The van der Waals surface area contributed by atoms with Crippen molar-refractivity contribution in [2.24, 2.45) is 0 Å². The molecule has 0 amide bonds.